The molecule has 0 bridgehead atoms. The zero-order chi connectivity index (χ0) is 20.0. The molecule has 0 saturated carbocycles. The van der Waals surface area contributed by atoms with Gasteiger partial charge < -0.3 is 10.4 Å². The lowest BCUT2D eigenvalue weighted by Gasteiger charge is -2.21. The van der Waals surface area contributed by atoms with Gasteiger partial charge in [0.15, 0.2) is 0 Å². The van der Waals surface area contributed by atoms with Crippen LogP contribution in [0.15, 0.2) is 54.9 Å². The molecule has 4 aromatic rings. The Morgan fingerprint density at radius 3 is 2.83 bits per heavy atom. The lowest BCUT2D eigenvalue weighted by molar-refractivity contribution is 0.475. The molecule has 3 heterocycles. The predicted molar refractivity (Wildman–Crippen MR) is 111 cm³/mol. The second-order valence-electron chi connectivity index (χ2n) is 7.49. The Labute approximate surface area is 168 Å². The van der Waals surface area contributed by atoms with Crippen LogP contribution in [0.5, 0.6) is 5.75 Å². The van der Waals surface area contributed by atoms with Crippen molar-refractivity contribution in [1.82, 2.24) is 24.8 Å². The van der Waals surface area contributed by atoms with Gasteiger partial charge in [0, 0.05) is 42.7 Å². The minimum absolute atomic E-state index is 0.0736. The fourth-order valence-electron chi connectivity index (χ4n) is 4.06. The smallest absolute Gasteiger partial charge is 0.117 e. The van der Waals surface area contributed by atoms with Gasteiger partial charge in [-0.1, -0.05) is 23.4 Å². The third kappa shape index (κ3) is 3.14. The molecule has 0 spiro atoms. The SMILES string of the molecule is Cc1nnn2c1-c1ccc(-c3cnn(C)c3)cc1C(Nc1cccc(O)c1)CC2. The first-order valence-electron chi connectivity index (χ1n) is 9.67. The molecule has 1 aliphatic rings. The van der Waals surface area contributed by atoms with Gasteiger partial charge in [-0.2, -0.15) is 5.10 Å². The molecule has 29 heavy (non-hydrogen) atoms. The second kappa shape index (κ2) is 6.77. The maximum Gasteiger partial charge on any atom is 0.117 e. The number of hydrogen-bond donors (Lipinski definition) is 2. The van der Waals surface area contributed by atoms with Gasteiger partial charge in [-0.05, 0) is 42.7 Å². The predicted octanol–water partition coefficient (Wildman–Crippen LogP) is 3.92. The van der Waals surface area contributed by atoms with E-state index in [-0.39, 0.29) is 11.8 Å². The normalized spacial score (nSPS) is 15.4. The minimum Gasteiger partial charge on any atom is -0.508 e. The lowest BCUT2D eigenvalue weighted by Crippen LogP contribution is -2.12. The Bertz CT molecular complexity index is 1190. The van der Waals surface area contributed by atoms with Crippen LogP contribution in [0.4, 0.5) is 5.69 Å². The highest BCUT2D eigenvalue weighted by molar-refractivity contribution is 5.74. The number of nitrogens with one attached hydrogen (secondary N) is 1. The van der Waals surface area contributed by atoms with Crippen molar-refractivity contribution in [2.75, 3.05) is 5.32 Å². The van der Waals surface area contributed by atoms with Crippen molar-refractivity contribution in [2.45, 2.75) is 25.9 Å². The second-order valence-corrected chi connectivity index (χ2v) is 7.49. The largest absolute Gasteiger partial charge is 0.508 e. The van der Waals surface area contributed by atoms with Gasteiger partial charge in [0.1, 0.15) is 5.75 Å². The lowest BCUT2D eigenvalue weighted by atomic mass is 9.93. The molecule has 5 rings (SSSR count). The molecule has 2 aromatic heterocycles. The molecular weight excluding hydrogens is 364 g/mol. The van der Waals surface area contributed by atoms with Gasteiger partial charge in [-0.3, -0.25) is 4.68 Å². The van der Waals surface area contributed by atoms with Crippen molar-refractivity contribution in [2.24, 2.45) is 7.05 Å². The van der Waals surface area contributed by atoms with E-state index in [1.165, 1.54) is 5.56 Å². The molecule has 1 unspecified atom stereocenters. The third-order valence-corrected chi connectivity index (χ3v) is 5.44. The summed E-state index contributed by atoms with van der Waals surface area (Å²) in [5, 5.41) is 26.4. The van der Waals surface area contributed by atoms with Crippen LogP contribution >= 0.6 is 0 Å². The average Bonchev–Trinajstić information content (AvgIpc) is 3.26. The summed E-state index contributed by atoms with van der Waals surface area (Å²) < 4.78 is 3.80. The van der Waals surface area contributed by atoms with Gasteiger partial charge in [-0.15, -0.1) is 5.10 Å². The van der Waals surface area contributed by atoms with Crippen LogP contribution in [0.1, 0.15) is 23.7 Å². The van der Waals surface area contributed by atoms with Crippen molar-refractivity contribution in [1.29, 1.82) is 0 Å². The molecule has 0 aliphatic carbocycles. The van der Waals surface area contributed by atoms with E-state index in [1.807, 2.05) is 47.9 Å². The number of phenolic OH excluding ortho intramolecular Hbond substituents is 1. The van der Waals surface area contributed by atoms with E-state index in [0.717, 1.165) is 46.7 Å². The van der Waals surface area contributed by atoms with Crippen molar-refractivity contribution in [3.05, 3.63) is 66.1 Å². The van der Waals surface area contributed by atoms with Crippen molar-refractivity contribution >= 4 is 5.69 Å². The maximum atomic E-state index is 9.86. The van der Waals surface area contributed by atoms with Gasteiger partial charge >= 0.3 is 0 Å². The maximum absolute atomic E-state index is 9.86. The highest BCUT2D eigenvalue weighted by Gasteiger charge is 2.25. The average molecular weight is 386 g/mol. The van der Waals surface area contributed by atoms with Crippen LogP contribution in [0.3, 0.4) is 0 Å². The zero-order valence-electron chi connectivity index (χ0n) is 16.4. The summed E-state index contributed by atoms with van der Waals surface area (Å²) in [6.07, 6.45) is 4.76. The van der Waals surface area contributed by atoms with Gasteiger partial charge in [0.25, 0.3) is 0 Å². The highest BCUT2D eigenvalue weighted by atomic mass is 16.3. The fraction of sp³-hybridized carbons (Fsp3) is 0.227. The standard InChI is InChI=1S/C22H22N6O/c1-14-22-19-7-6-15(16-12-23-27(2)13-16)10-20(19)21(8-9-28(22)26-25-14)24-17-4-3-5-18(29)11-17/h3-7,10-13,21,24,29H,8-9H2,1-2H3. The van der Waals surface area contributed by atoms with Crippen molar-refractivity contribution < 1.29 is 5.11 Å². The molecule has 0 radical (unpaired) electrons. The number of hydrogen-bond acceptors (Lipinski definition) is 5. The summed E-state index contributed by atoms with van der Waals surface area (Å²) in [6.45, 7) is 2.77. The van der Waals surface area contributed by atoms with E-state index in [4.69, 9.17) is 0 Å². The van der Waals surface area contributed by atoms with Crippen LogP contribution < -0.4 is 5.32 Å². The van der Waals surface area contributed by atoms with E-state index < -0.39 is 0 Å². The number of benzene rings is 2. The van der Waals surface area contributed by atoms with Crippen LogP contribution in [-0.2, 0) is 13.6 Å². The Morgan fingerprint density at radius 2 is 2.03 bits per heavy atom. The summed E-state index contributed by atoms with van der Waals surface area (Å²) in [5.41, 5.74) is 7.42. The molecule has 1 aliphatic heterocycles. The number of fused-ring (bicyclic) bond motifs is 3. The molecule has 2 N–H and O–H groups in total. The van der Waals surface area contributed by atoms with E-state index in [2.05, 4.69) is 38.9 Å². The molecule has 7 heteroatoms. The zero-order valence-corrected chi connectivity index (χ0v) is 16.4. The summed E-state index contributed by atoms with van der Waals surface area (Å²) in [6, 6.07) is 13.8. The Kier molecular flexibility index (Phi) is 4.08. The molecule has 2 aromatic carbocycles. The van der Waals surface area contributed by atoms with Crippen LogP contribution in [-0.4, -0.2) is 29.9 Å². The van der Waals surface area contributed by atoms with Crippen molar-refractivity contribution in [3.8, 4) is 28.1 Å². The number of aromatic hydroxyl groups is 1. The highest BCUT2D eigenvalue weighted by Crippen LogP contribution is 2.39. The topological polar surface area (TPSA) is 80.8 Å². The Balaban J connectivity index is 1.63. The first kappa shape index (κ1) is 17.5. The first-order valence-corrected chi connectivity index (χ1v) is 9.67. The first-order chi connectivity index (χ1) is 14.1. The van der Waals surface area contributed by atoms with Gasteiger partial charge in [-0.25, -0.2) is 4.68 Å². The third-order valence-electron chi connectivity index (χ3n) is 5.44. The number of aromatic nitrogens is 5. The quantitative estimate of drug-likeness (QED) is 0.558. The fourth-order valence-corrected chi connectivity index (χ4v) is 4.06. The summed E-state index contributed by atoms with van der Waals surface area (Å²) in [5.74, 6) is 0.251. The van der Waals surface area contributed by atoms with E-state index in [9.17, 15) is 5.11 Å². The molecule has 7 nitrogen and oxygen atoms in total. The minimum atomic E-state index is 0.0736. The van der Waals surface area contributed by atoms with Gasteiger partial charge in [0.2, 0.25) is 0 Å². The molecule has 0 amide bonds. The number of anilines is 1. The summed E-state index contributed by atoms with van der Waals surface area (Å²) >= 11 is 0. The molecule has 146 valence electrons. The van der Waals surface area contributed by atoms with Crippen LogP contribution in [0, 0.1) is 6.92 Å². The van der Waals surface area contributed by atoms with Crippen molar-refractivity contribution in [3.63, 3.8) is 0 Å². The van der Waals surface area contributed by atoms with E-state index in [1.54, 1.807) is 12.1 Å². The van der Waals surface area contributed by atoms with E-state index in [0.29, 0.717) is 0 Å². The number of rotatable bonds is 3. The number of phenols is 1. The van der Waals surface area contributed by atoms with Gasteiger partial charge in [0.05, 0.1) is 23.6 Å². The monoisotopic (exact) mass is 386 g/mol. The molecule has 0 saturated heterocycles. The number of nitrogens with zero attached hydrogens (tertiary/aromatic N) is 5. The van der Waals surface area contributed by atoms with Crippen LogP contribution in [0.25, 0.3) is 22.4 Å². The Morgan fingerprint density at radius 1 is 1.14 bits per heavy atom. The summed E-state index contributed by atoms with van der Waals surface area (Å²) in [4.78, 5) is 0. The molecule has 0 fully saturated rings. The molecular formula is C22H22N6O. The van der Waals surface area contributed by atoms with E-state index >= 15 is 0 Å². The van der Waals surface area contributed by atoms with Crippen LogP contribution in [0.2, 0.25) is 0 Å². The number of aryl methyl sites for hydroxylation is 3. The molecule has 1 atom stereocenters. The Hall–Kier alpha value is -3.61. The summed E-state index contributed by atoms with van der Waals surface area (Å²) in [7, 11) is 1.92.